The molecule has 0 unspecified atom stereocenters. The van der Waals surface area contributed by atoms with E-state index in [1.807, 2.05) is 6.92 Å². The van der Waals surface area contributed by atoms with Crippen LogP contribution in [0.1, 0.15) is 72.6 Å². The van der Waals surface area contributed by atoms with Crippen LogP contribution in [0.3, 0.4) is 0 Å². The van der Waals surface area contributed by atoms with Gasteiger partial charge in [-0.15, -0.1) is 0 Å². The molecule has 2 rings (SSSR count). The van der Waals surface area contributed by atoms with Crippen molar-refractivity contribution >= 4 is 0 Å². The molecule has 0 amide bonds. The number of hydrogen-bond acceptors (Lipinski definition) is 1. The fourth-order valence-corrected chi connectivity index (χ4v) is 4.27. The van der Waals surface area contributed by atoms with Gasteiger partial charge in [0, 0.05) is 0 Å². The molecule has 0 spiro atoms. The Labute approximate surface area is 130 Å². The summed E-state index contributed by atoms with van der Waals surface area (Å²) in [6.45, 7) is 13.0. The summed E-state index contributed by atoms with van der Waals surface area (Å²) in [7, 11) is 0. The highest BCUT2D eigenvalue weighted by atomic mass is 16.3. The summed E-state index contributed by atoms with van der Waals surface area (Å²) in [5.74, 6) is 0.327. The summed E-state index contributed by atoms with van der Waals surface area (Å²) in [6, 6.07) is 0. The molecule has 1 heteroatoms. The van der Waals surface area contributed by atoms with Gasteiger partial charge in [0.1, 0.15) is 0 Å². The van der Waals surface area contributed by atoms with Crippen LogP contribution in [-0.4, -0.2) is 10.7 Å². The lowest BCUT2D eigenvalue weighted by atomic mass is 9.69. The van der Waals surface area contributed by atoms with Crippen LogP contribution in [0.25, 0.3) is 0 Å². The van der Waals surface area contributed by atoms with Crippen molar-refractivity contribution in [2.75, 3.05) is 0 Å². The number of rotatable bonds is 1. The molecule has 0 aliphatic heterocycles. The van der Waals surface area contributed by atoms with E-state index in [1.54, 1.807) is 0 Å². The minimum Gasteiger partial charge on any atom is -0.385 e. The first kappa shape index (κ1) is 16.5. The Balaban J connectivity index is 2.35. The van der Waals surface area contributed by atoms with Gasteiger partial charge in [0.2, 0.25) is 0 Å². The standard InChI is InChI=1S/C20H32O/c1-15(2)20(21)14-13-19(5)12-11-17(4)8-6-7-16(3)9-10-18(19)20/h7,11,18,21H,1,6,8-10,12-14H2,2-5H3/b16-7+,17-11+/t18-,19+,20+/m0/s1. The summed E-state index contributed by atoms with van der Waals surface area (Å²) in [6.07, 6.45) is 12.4. The summed E-state index contributed by atoms with van der Waals surface area (Å²) in [4.78, 5) is 0. The molecule has 0 aromatic rings. The average molecular weight is 288 g/mol. The Morgan fingerprint density at radius 1 is 1.19 bits per heavy atom. The highest BCUT2D eigenvalue weighted by Gasteiger charge is 2.53. The monoisotopic (exact) mass is 288 g/mol. The maximum Gasteiger partial charge on any atom is 0.0885 e. The lowest BCUT2D eigenvalue weighted by Gasteiger charge is -2.39. The average Bonchev–Trinajstić information content (AvgIpc) is 2.67. The molecule has 118 valence electrons. The summed E-state index contributed by atoms with van der Waals surface area (Å²) in [5, 5.41) is 11.2. The van der Waals surface area contributed by atoms with Crippen LogP contribution in [0.2, 0.25) is 0 Å². The van der Waals surface area contributed by atoms with Gasteiger partial charge in [0.05, 0.1) is 5.60 Å². The maximum atomic E-state index is 11.2. The van der Waals surface area contributed by atoms with Gasteiger partial charge in [-0.1, -0.05) is 36.8 Å². The fourth-order valence-electron chi connectivity index (χ4n) is 4.27. The Morgan fingerprint density at radius 3 is 2.52 bits per heavy atom. The molecule has 0 heterocycles. The number of fused-ring (bicyclic) bond motifs is 1. The quantitative estimate of drug-likeness (QED) is 0.626. The maximum absolute atomic E-state index is 11.2. The Kier molecular flexibility index (Phi) is 4.82. The van der Waals surface area contributed by atoms with Crippen LogP contribution < -0.4 is 0 Å². The minimum absolute atomic E-state index is 0.208. The molecule has 0 aromatic heterocycles. The lowest BCUT2D eigenvalue weighted by molar-refractivity contribution is 0.00422. The van der Waals surface area contributed by atoms with Crippen molar-refractivity contribution in [2.24, 2.45) is 11.3 Å². The molecule has 0 bridgehead atoms. The van der Waals surface area contributed by atoms with Crippen LogP contribution in [-0.2, 0) is 0 Å². The highest BCUT2D eigenvalue weighted by molar-refractivity contribution is 5.21. The Morgan fingerprint density at radius 2 is 1.86 bits per heavy atom. The predicted molar refractivity (Wildman–Crippen MR) is 91.2 cm³/mol. The van der Waals surface area contributed by atoms with E-state index in [-0.39, 0.29) is 5.41 Å². The van der Waals surface area contributed by atoms with E-state index in [9.17, 15) is 5.11 Å². The molecule has 0 radical (unpaired) electrons. The SMILES string of the molecule is C=C(C)[C@]1(O)CC[C@@]2(C)C/C=C(\C)CC/C=C(\C)CC[C@@H]21. The molecule has 1 fully saturated rings. The molecule has 0 aromatic carbocycles. The molecular formula is C20H32O. The number of hydrogen-bond donors (Lipinski definition) is 1. The van der Waals surface area contributed by atoms with Crippen molar-refractivity contribution in [3.63, 3.8) is 0 Å². The van der Waals surface area contributed by atoms with E-state index in [2.05, 4.69) is 39.5 Å². The van der Waals surface area contributed by atoms with Crippen molar-refractivity contribution in [3.05, 3.63) is 35.5 Å². The molecule has 2 aliphatic rings. The van der Waals surface area contributed by atoms with Crippen molar-refractivity contribution < 1.29 is 5.11 Å². The zero-order valence-electron chi connectivity index (χ0n) is 14.3. The van der Waals surface area contributed by atoms with Crippen LogP contribution in [0.4, 0.5) is 0 Å². The molecular weight excluding hydrogens is 256 g/mol. The third kappa shape index (κ3) is 3.34. The van der Waals surface area contributed by atoms with E-state index in [4.69, 9.17) is 0 Å². The molecule has 1 N–H and O–H groups in total. The smallest absolute Gasteiger partial charge is 0.0885 e. The first-order valence-electron chi connectivity index (χ1n) is 8.47. The molecule has 21 heavy (non-hydrogen) atoms. The van der Waals surface area contributed by atoms with E-state index in [0.717, 1.165) is 44.1 Å². The fraction of sp³-hybridized carbons (Fsp3) is 0.700. The van der Waals surface area contributed by atoms with Gasteiger partial charge in [-0.25, -0.2) is 0 Å². The van der Waals surface area contributed by atoms with Gasteiger partial charge in [0.15, 0.2) is 0 Å². The highest BCUT2D eigenvalue weighted by Crippen LogP contribution is 2.56. The third-order valence-electron chi connectivity index (χ3n) is 6.01. The Hall–Kier alpha value is -0.820. The summed E-state index contributed by atoms with van der Waals surface area (Å²) < 4.78 is 0. The predicted octanol–water partition coefficient (Wildman–Crippen LogP) is 5.57. The summed E-state index contributed by atoms with van der Waals surface area (Å²) in [5.41, 5.74) is 3.47. The first-order valence-corrected chi connectivity index (χ1v) is 8.47. The second-order valence-corrected chi connectivity index (χ2v) is 7.79. The van der Waals surface area contributed by atoms with Crippen molar-refractivity contribution in [3.8, 4) is 0 Å². The lowest BCUT2D eigenvalue weighted by Crippen LogP contribution is -2.39. The van der Waals surface area contributed by atoms with Crippen LogP contribution >= 0.6 is 0 Å². The van der Waals surface area contributed by atoms with E-state index in [1.165, 1.54) is 17.6 Å². The van der Waals surface area contributed by atoms with E-state index < -0.39 is 5.60 Å². The van der Waals surface area contributed by atoms with E-state index in [0.29, 0.717) is 5.92 Å². The van der Waals surface area contributed by atoms with Crippen LogP contribution in [0, 0.1) is 11.3 Å². The Bertz CT molecular complexity index is 470. The summed E-state index contributed by atoms with van der Waals surface area (Å²) >= 11 is 0. The topological polar surface area (TPSA) is 20.2 Å². The van der Waals surface area contributed by atoms with Gasteiger partial charge < -0.3 is 5.11 Å². The second kappa shape index (κ2) is 6.12. The van der Waals surface area contributed by atoms with Crippen molar-refractivity contribution in [1.29, 1.82) is 0 Å². The normalized spacial score (nSPS) is 43.0. The third-order valence-corrected chi connectivity index (χ3v) is 6.01. The van der Waals surface area contributed by atoms with Gasteiger partial charge in [0.25, 0.3) is 0 Å². The molecule has 2 aliphatic carbocycles. The molecule has 3 atom stereocenters. The van der Waals surface area contributed by atoms with Crippen molar-refractivity contribution in [1.82, 2.24) is 0 Å². The van der Waals surface area contributed by atoms with Crippen LogP contribution in [0.15, 0.2) is 35.5 Å². The van der Waals surface area contributed by atoms with Crippen molar-refractivity contribution in [2.45, 2.75) is 78.2 Å². The van der Waals surface area contributed by atoms with Crippen LogP contribution in [0.5, 0.6) is 0 Å². The molecule has 0 saturated heterocycles. The molecule has 1 saturated carbocycles. The number of allylic oxidation sites excluding steroid dienone is 4. The zero-order valence-corrected chi connectivity index (χ0v) is 14.3. The second-order valence-electron chi connectivity index (χ2n) is 7.79. The van der Waals surface area contributed by atoms with Gasteiger partial charge in [-0.3, -0.25) is 0 Å². The van der Waals surface area contributed by atoms with Gasteiger partial charge in [-0.05, 0) is 82.6 Å². The van der Waals surface area contributed by atoms with Gasteiger partial charge >= 0.3 is 0 Å². The zero-order chi connectivity index (χ0) is 15.7. The van der Waals surface area contributed by atoms with Gasteiger partial charge in [-0.2, -0.15) is 0 Å². The minimum atomic E-state index is -0.662. The largest absolute Gasteiger partial charge is 0.385 e. The van der Waals surface area contributed by atoms with E-state index >= 15 is 0 Å². The number of aliphatic hydroxyl groups is 1. The molecule has 1 nitrogen and oxygen atoms in total. The first-order chi connectivity index (χ1) is 9.78.